The van der Waals surface area contributed by atoms with Gasteiger partial charge in [-0.1, -0.05) is 0 Å². The van der Waals surface area contributed by atoms with Gasteiger partial charge in [0.25, 0.3) is 0 Å². The summed E-state index contributed by atoms with van der Waals surface area (Å²) in [5.74, 6) is -3.06. The highest BCUT2D eigenvalue weighted by Crippen LogP contribution is 2.54. The first-order valence-electron chi connectivity index (χ1n) is 9.39. The van der Waals surface area contributed by atoms with Crippen LogP contribution in [0, 0.1) is 0 Å². The predicted molar refractivity (Wildman–Crippen MR) is 97.2 cm³/mol. The Morgan fingerprint density at radius 2 is 1.32 bits per heavy atom. The van der Waals surface area contributed by atoms with Crippen LogP contribution in [0.5, 0.6) is 0 Å². The fourth-order valence-electron chi connectivity index (χ4n) is 2.91. The molecule has 0 aromatic rings. The highest BCUT2D eigenvalue weighted by molar-refractivity contribution is 7.48. The largest absolute Gasteiger partial charge is 0.477 e. The molecule has 0 aromatic heterocycles. The van der Waals surface area contributed by atoms with Crippen molar-refractivity contribution in [1.82, 2.24) is 0 Å². The van der Waals surface area contributed by atoms with Crippen LogP contribution in [0.3, 0.4) is 0 Å². The van der Waals surface area contributed by atoms with Crippen LogP contribution < -0.4 is 0 Å². The Morgan fingerprint density at radius 3 is 1.84 bits per heavy atom. The first kappa shape index (κ1) is 25.2. The Hall–Kier alpha value is -2.05. The van der Waals surface area contributed by atoms with Gasteiger partial charge in [0.05, 0.1) is 13.2 Å². The maximum absolute atomic E-state index is 12.7. The van der Waals surface area contributed by atoms with E-state index in [1.165, 1.54) is 0 Å². The van der Waals surface area contributed by atoms with Crippen LogP contribution >= 0.6 is 7.82 Å². The van der Waals surface area contributed by atoms with Crippen LogP contribution in [0.25, 0.3) is 0 Å². The molecule has 0 radical (unpaired) electrons. The molecule has 0 unspecified atom stereocenters. The van der Waals surface area contributed by atoms with E-state index in [4.69, 9.17) is 37.3 Å². The fraction of sp³-hybridized carbons (Fsp3) is 0.765. The van der Waals surface area contributed by atoms with Crippen molar-refractivity contribution in [3.63, 3.8) is 0 Å². The Kier molecular flexibility index (Phi) is 8.95. The molecule has 2 saturated heterocycles. The molecule has 0 spiro atoms. The maximum atomic E-state index is 12.7. The number of phosphoric acid groups is 1. The third kappa shape index (κ3) is 7.54. The van der Waals surface area contributed by atoms with Gasteiger partial charge in [0.15, 0.2) is 18.3 Å². The van der Waals surface area contributed by atoms with Gasteiger partial charge in [-0.2, -0.15) is 0 Å². The zero-order valence-electron chi connectivity index (χ0n) is 17.5. The lowest BCUT2D eigenvalue weighted by molar-refractivity contribution is -0.292. The van der Waals surface area contributed by atoms with Crippen molar-refractivity contribution in [3.8, 4) is 0 Å². The van der Waals surface area contributed by atoms with Crippen LogP contribution in [0.4, 0.5) is 0 Å². The number of hydrogen-bond donors (Lipinski definition) is 0. The van der Waals surface area contributed by atoms with Gasteiger partial charge in [0.1, 0.15) is 12.7 Å². The summed E-state index contributed by atoms with van der Waals surface area (Å²) in [5, 5.41) is 0. The highest BCUT2D eigenvalue weighted by atomic mass is 31.2. The van der Waals surface area contributed by atoms with Crippen LogP contribution in [0.2, 0.25) is 0 Å². The van der Waals surface area contributed by atoms with Crippen molar-refractivity contribution in [2.45, 2.75) is 64.8 Å². The monoisotopic (exact) mass is 468 g/mol. The molecule has 0 aliphatic carbocycles. The number of carbonyl (C=O) groups excluding carboxylic acids is 4. The van der Waals surface area contributed by atoms with Gasteiger partial charge in [-0.05, 0) is 6.42 Å². The number of rotatable bonds is 7. The Balaban J connectivity index is 2.41. The molecule has 2 rings (SSSR count). The molecule has 31 heavy (non-hydrogen) atoms. The van der Waals surface area contributed by atoms with E-state index in [1.54, 1.807) is 0 Å². The maximum Gasteiger partial charge on any atom is 0.477 e. The number of ether oxygens (including phenoxy) is 5. The summed E-state index contributed by atoms with van der Waals surface area (Å²) in [5.41, 5.74) is 0. The second-order valence-corrected chi connectivity index (χ2v) is 8.26. The molecule has 14 heteroatoms. The number of esters is 4. The number of carbonyl (C=O) groups is 4. The molecule has 0 amide bonds. The number of phosphoric ester groups is 1. The van der Waals surface area contributed by atoms with Gasteiger partial charge in [0, 0.05) is 27.7 Å². The summed E-state index contributed by atoms with van der Waals surface area (Å²) in [7, 11) is -4.11. The molecule has 2 heterocycles. The van der Waals surface area contributed by atoms with Crippen molar-refractivity contribution in [2.75, 3.05) is 19.8 Å². The van der Waals surface area contributed by atoms with E-state index in [9.17, 15) is 23.7 Å². The first-order chi connectivity index (χ1) is 14.5. The van der Waals surface area contributed by atoms with Gasteiger partial charge in [-0.15, -0.1) is 0 Å². The summed E-state index contributed by atoms with van der Waals surface area (Å²) in [6, 6.07) is 0. The third-order valence-corrected chi connectivity index (χ3v) is 5.43. The van der Waals surface area contributed by atoms with Crippen LogP contribution in [-0.4, -0.2) is 74.4 Å². The van der Waals surface area contributed by atoms with Crippen molar-refractivity contribution in [2.24, 2.45) is 0 Å². The van der Waals surface area contributed by atoms with E-state index in [0.717, 1.165) is 27.7 Å². The van der Waals surface area contributed by atoms with Crippen molar-refractivity contribution < 1.29 is 61.0 Å². The Labute approximate surface area is 178 Å². The topological polar surface area (TPSA) is 159 Å². The molecule has 0 aromatic carbocycles. The molecule has 0 saturated carbocycles. The predicted octanol–water partition coefficient (Wildman–Crippen LogP) is 0.631. The minimum Gasteiger partial charge on any atom is -0.463 e. The molecular formula is C17H25O13P. The SMILES string of the molecule is CC(=O)OC[C@H]1O[C@H](OP2(=O)OCCCO2)[C@H](OC(C)=O)[C@@H](OC(C)=O)[C@H]1OC(C)=O. The van der Waals surface area contributed by atoms with Gasteiger partial charge >= 0.3 is 31.7 Å². The first-order valence-corrected chi connectivity index (χ1v) is 10.8. The lowest BCUT2D eigenvalue weighted by Crippen LogP contribution is -2.62. The molecule has 5 atom stereocenters. The van der Waals surface area contributed by atoms with Gasteiger partial charge in [-0.25, -0.2) is 4.57 Å². The Morgan fingerprint density at radius 1 is 0.806 bits per heavy atom. The molecular weight excluding hydrogens is 443 g/mol. The van der Waals surface area contributed by atoms with Crippen LogP contribution in [-0.2, 0) is 61.0 Å². The van der Waals surface area contributed by atoms with Gasteiger partial charge in [-0.3, -0.25) is 32.7 Å². The average molecular weight is 468 g/mol. The molecule has 0 N–H and O–H groups in total. The molecule has 2 aliphatic heterocycles. The van der Waals surface area contributed by atoms with Crippen molar-refractivity contribution in [1.29, 1.82) is 0 Å². The van der Waals surface area contributed by atoms with Crippen molar-refractivity contribution >= 4 is 31.7 Å². The third-order valence-electron chi connectivity index (χ3n) is 3.97. The summed E-state index contributed by atoms with van der Waals surface area (Å²) in [6.45, 7) is 4.12. The second-order valence-electron chi connectivity index (χ2n) is 6.64. The number of hydrogen-bond acceptors (Lipinski definition) is 13. The molecule has 13 nitrogen and oxygen atoms in total. The standard InChI is InChI=1S/C17H25O13P/c1-9(18)23-8-13-14(26-10(2)19)15(27-11(3)20)16(28-12(4)21)17(29-13)30-31(22)24-6-5-7-25-31/h13-17H,5-8H2,1-4H3/t13-,14+,15+,16-,17-/m1/s1. The van der Waals surface area contributed by atoms with E-state index in [0.29, 0.717) is 6.42 Å². The lowest BCUT2D eigenvalue weighted by Gasteiger charge is -2.44. The van der Waals surface area contributed by atoms with E-state index in [2.05, 4.69) is 0 Å². The second kappa shape index (κ2) is 11.0. The summed E-state index contributed by atoms with van der Waals surface area (Å²) in [4.78, 5) is 46.4. The Bertz CT molecular complexity index is 728. The zero-order chi connectivity index (χ0) is 23.2. The lowest BCUT2D eigenvalue weighted by atomic mass is 9.98. The summed E-state index contributed by atoms with van der Waals surface area (Å²) < 4.78 is 54.5. The normalized spacial score (nSPS) is 30.0. The van der Waals surface area contributed by atoms with E-state index in [-0.39, 0.29) is 13.2 Å². The molecule has 2 fully saturated rings. The molecule has 2 aliphatic rings. The fourth-order valence-corrected chi connectivity index (χ4v) is 4.24. The zero-order valence-corrected chi connectivity index (χ0v) is 18.4. The van der Waals surface area contributed by atoms with Crippen molar-refractivity contribution in [3.05, 3.63) is 0 Å². The van der Waals surface area contributed by atoms with E-state index in [1.807, 2.05) is 0 Å². The van der Waals surface area contributed by atoms with Gasteiger partial charge in [0.2, 0.25) is 6.29 Å². The minimum absolute atomic E-state index is 0.0859. The quantitative estimate of drug-likeness (QED) is 0.291. The summed E-state index contributed by atoms with van der Waals surface area (Å²) >= 11 is 0. The van der Waals surface area contributed by atoms with Crippen LogP contribution in [0.1, 0.15) is 34.1 Å². The molecule has 0 bridgehead atoms. The summed E-state index contributed by atoms with van der Waals surface area (Å²) in [6.07, 6.45) is -6.69. The average Bonchev–Trinajstić information content (AvgIpc) is 2.64. The van der Waals surface area contributed by atoms with Gasteiger partial charge < -0.3 is 23.7 Å². The molecule has 176 valence electrons. The van der Waals surface area contributed by atoms with E-state index < -0.39 is 69.0 Å². The minimum atomic E-state index is -4.11. The highest BCUT2D eigenvalue weighted by Gasteiger charge is 2.55. The van der Waals surface area contributed by atoms with Crippen LogP contribution in [0.15, 0.2) is 0 Å². The van der Waals surface area contributed by atoms with E-state index >= 15 is 0 Å². The smallest absolute Gasteiger partial charge is 0.463 e.